The second-order valence-electron chi connectivity index (χ2n) is 10.1. The first-order chi connectivity index (χ1) is 11.8. The lowest BCUT2D eigenvalue weighted by atomic mass is 9.45. The molecule has 4 fully saturated rings. The number of carbonyl (C=O) groups is 2. The summed E-state index contributed by atoms with van der Waals surface area (Å²) in [5.41, 5.74) is 0.342. The van der Waals surface area contributed by atoms with Crippen molar-refractivity contribution in [2.75, 3.05) is 0 Å². The van der Waals surface area contributed by atoms with E-state index in [2.05, 4.69) is 20.8 Å². The monoisotopic (exact) mass is 346 g/mol. The Balaban J connectivity index is 1.55. The van der Waals surface area contributed by atoms with Gasteiger partial charge >= 0.3 is 5.97 Å². The molecule has 4 rings (SSSR count). The van der Waals surface area contributed by atoms with Gasteiger partial charge in [0.05, 0.1) is 0 Å². The van der Waals surface area contributed by atoms with Crippen LogP contribution in [-0.2, 0) is 14.3 Å². The van der Waals surface area contributed by atoms with Gasteiger partial charge in [0.1, 0.15) is 11.9 Å². The summed E-state index contributed by atoms with van der Waals surface area (Å²) in [5, 5.41) is 0. The summed E-state index contributed by atoms with van der Waals surface area (Å²) >= 11 is 0. The van der Waals surface area contributed by atoms with Crippen molar-refractivity contribution in [3.05, 3.63) is 0 Å². The van der Waals surface area contributed by atoms with Gasteiger partial charge in [-0.25, -0.2) is 0 Å². The minimum absolute atomic E-state index is 0.0429. The first kappa shape index (κ1) is 17.5. The van der Waals surface area contributed by atoms with Crippen LogP contribution in [0.1, 0.15) is 79.1 Å². The van der Waals surface area contributed by atoms with E-state index in [4.69, 9.17) is 4.74 Å². The molecule has 0 aliphatic heterocycles. The van der Waals surface area contributed by atoms with E-state index in [1.54, 1.807) is 0 Å². The molecule has 0 aromatic carbocycles. The highest BCUT2D eigenvalue weighted by Gasteiger charge is 2.61. The van der Waals surface area contributed by atoms with Gasteiger partial charge in [-0.2, -0.15) is 0 Å². The minimum atomic E-state index is -0.130. The molecule has 0 aromatic rings. The Labute approximate surface area is 152 Å². The summed E-state index contributed by atoms with van der Waals surface area (Å²) in [4.78, 5) is 24.1. The van der Waals surface area contributed by atoms with Gasteiger partial charge in [-0.3, -0.25) is 9.59 Å². The molecule has 25 heavy (non-hydrogen) atoms. The predicted octanol–water partition coefficient (Wildman–Crippen LogP) is 4.78. The molecule has 0 heterocycles. The first-order valence-corrected chi connectivity index (χ1v) is 10.5. The Morgan fingerprint density at radius 1 is 1.04 bits per heavy atom. The Morgan fingerprint density at radius 2 is 1.80 bits per heavy atom. The molecular formula is C22H34O3. The zero-order valence-corrected chi connectivity index (χ0v) is 16.3. The molecule has 0 amide bonds. The Morgan fingerprint density at radius 3 is 2.52 bits per heavy atom. The summed E-state index contributed by atoms with van der Waals surface area (Å²) in [6.45, 7) is 8.47. The van der Waals surface area contributed by atoms with Crippen molar-refractivity contribution in [3.8, 4) is 0 Å². The zero-order valence-electron chi connectivity index (χ0n) is 16.3. The van der Waals surface area contributed by atoms with Crippen molar-refractivity contribution in [2.24, 2.45) is 40.4 Å². The van der Waals surface area contributed by atoms with Crippen LogP contribution in [-0.4, -0.2) is 17.9 Å². The zero-order chi connectivity index (χ0) is 18.0. The summed E-state index contributed by atoms with van der Waals surface area (Å²) in [6.07, 6.45) is 9.36. The lowest BCUT2D eigenvalue weighted by Crippen LogP contribution is -2.54. The highest BCUT2D eigenvalue weighted by molar-refractivity contribution is 5.89. The van der Waals surface area contributed by atoms with Gasteiger partial charge in [0, 0.05) is 18.3 Å². The molecule has 4 aliphatic carbocycles. The van der Waals surface area contributed by atoms with Gasteiger partial charge in [-0.1, -0.05) is 20.8 Å². The van der Waals surface area contributed by atoms with Gasteiger partial charge in [0.25, 0.3) is 0 Å². The number of hydrogen-bond acceptors (Lipinski definition) is 3. The molecule has 0 N–H and O–H groups in total. The summed E-state index contributed by atoms with van der Waals surface area (Å²) < 4.78 is 5.55. The molecule has 0 aromatic heterocycles. The van der Waals surface area contributed by atoms with E-state index in [1.165, 1.54) is 32.6 Å². The third-order valence-electron chi connectivity index (χ3n) is 8.96. The lowest BCUT2D eigenvalue weighted by Gasteiger charge is -2.60. The fourth-order valence-corrected chi connectivity index (χ4v) is 7.67. The van der Waals surface area contributed by atoms with Crippen molar-refractivity contribution < 1.29 is 14.3 Å². The van der Waals surface area contributed by atoms with Crippen molar-refractivity contribution >= 4 is 11.8 Å². The van der Waals surface area contributed by atoms with Crippen LogP contribution in [0, 0.1) is 40.4 Å². The second kappa shape index (κ2) is 5.82. The summed E-state index contributed by atoms with van der Waals surface area (Å²) in [7, 11) is 0. The largest absolute Gasteiger partial charge is 0.463 e. The SMILES string of the molecule is CC(=O)O[C@H]1CC[C@@]2(C)[C@@H](CC[C@@H]3[C@@H]2CC[C@]2(C)C(=O)[C@H](C)C[C@@H]32)C1. The van der Waals surface area contributed by atoms with Gasteiger partial charge < -0.3 is 4.74 Å². The van der Waals surface area contributed by atoms with Crippen molar-refractivity contribution in [3.63, 3.8) is 0 Å². The van der Waals surface area contributed by atoms with Crippen LogP contribution < -0.4 is 0 Å². The number of rotatable bonds is 1. The Bertz CT molecular complexity index is 584. The summed E-state index contributed by atoms with van der Waals surface area (Å²) in [5.74, 6) is 3.47. The van der Waals surface area contributed by atoms with E-state index in [9.17, 15) is 9.59 Å². The molecule has 140 valence electrons. The molecular weight excluding hydrogens is 312 g/mol. The maximum Gasteiger partial charge on any atom is 0.302 e. The number of ketones is 1. The fourth-order valence-electron chi connectivity index (χ4n) is 7.67. The van der Waals surface area contributed by atoms with E-state index in [1.807, 2.05) is 0 Å². The first-order valence-electron chi connectivity index (χ1n) is 10.5. The highest BCUT2D eigenvalue weighted by atomic mass is 16.5. The molecule has 0 spiro atoms. The lowest BCUT2D eigenvalue weighted by molar-refractivity contribution is -0.160. The maximum absolute atomic E-state index is 12.8. The maximum atomic E-state index is 12.8. The van der Waals surface area contributed by atoms with E-state index in [0.717, 1.165) is 37.5 Å². The molecule has 0 bridgehead atoms. The van der Waals surface area contributed by atoms with Crippen molar-refractivity contribution in [2.45, 2.75) is 85.2 Å². The third kappa shape index (κ3) is 2.51. The van der Waals surface area contributed by atoms with Crippen LogP contribution in [0.4, 0.5) is 0 Å². The normalized spacial score (nSPS) is 52.1. The summed E-state index contributed by atoms with van der Waals surface area (Å²) in [6, 6.07) is 0. The average molecular weight is 347 g/mol. The van der Waals surface area contributed by atoms with E-state index in [-0.39, 0.29) is 23.4 Å². The second-order valence-corrected chi connectivity index (χ2v) is 10.1. The van der Waals surface area contributed by atoms with Crippen LogP contribution >= 0.6 is 0 Å². The Hall–Kier alpha value is -0.860. The fraction of sp³-hybridized carbons (Fsp3) is 0.909. The minimum Gasteiger partial charge on any atom is -0.463 e. The molecule has 8 atom stereocenters. The predicted molar refractivity (Wildman–Crippen MR) is 96.8 cm³/mol. The molecule has 3 nitrogen and oxygen atoms in total. The van der Waals surface area contributed by atoms with E-state index < -0.39 is 0 Å². The van der Waals surface area contributed by atoms with Crippen LogP contribution in [0.25, 0.3) is 0 Å². The van der Waals surface area contributed by atoms with Gasteiger partial charge in [-0.15, -0.1) is 0 Å². The number of esters is 1. The van der Waals surface area contributed by atoms with E-state index >= 15 is 0 Å². The molecule has 3 heteroatoms. The Kier molecular flexibility index (Phi) is 4.09. The molecule has 4 saturated carbocycles. The van der Waals surface area contributed by atoms with Crippen LogP contribution in [0.15, 0.2) is 0 Å². The smallest absolute Gasteiger partial charge is 0.302 e. The van der Waals surface area contributed by atoms with Gasteiger partial charge in [-0.05, 0) is 80.5 Å². The number of fused-ring (bicyclic) bond motifs is 5. The van der Waals surface area contributed by atoms with Crippen molar-refractivity contribution in [1.82, 2.24) is 0 Å². The van der Waals surface area contributed by atoms with E-state index in [0.29, 0.717) is 23.0 Å². The van der Waals surface area contributed by atoms with Crippen LogP contribution in [0.5, 0.6) is 0 Å². The topological polar surface area (TPSA) is 43.4 Å². The third-order valence-corrected chi connectivity index (χ3v) is 8.96. The van der Waals surface area contributed by atoms with Gasteiger partial charge in [0.2, 0.25) is 0 Å². The standard InChI is InChI=1S/C22H34O3/c1-13-11-19-17-6-5-15-12-16(25-14(2)23)7-9-21(15,3)18(17)8-10-22(19,4)20(13)24/h13,15-19H,5-12H2,1-4H3/t13-,15+,16+,17-,18+,19+,21+,22+/m1/s1. The number of Topliss-reactive ketones (excluding diaryl/α,β-unsaturated/α-hetero) is 1. The molecule has 0 radical (unpaired) electrons. The average Bonchev–Trinajstić information content (AvgIpc) is 2.78. The van der Waals surface area contributed by atoms with Crippen molar-refractivity contribution in [1.29, 1.82) is 0 Å². The quantitative estimate of drug-likeness (QED) is 0.642. The number of carbonyl (C=O) groups excluding carboxylic acids is 2. The molecule has 0 saturated heterocycles. The van der Waals surface area contributed by atoms with Crippen LogP contribution in [0.2, 0.25) is 0 Å². The molecule has 0 unspecified atom stereocenters. The van der Waals surface area contributed by atoms with Crippen LogP contribution in [0.3, 0.4) is 0 Å². The number of ether oxygens (including phenoxy) is 1. The highest BCUT2D eigenvalue weighted by Crippen LogP contribution is 2.66. The number of hydrogen-bond donors (Lipinski definition) is 0. The molecule has 4 aliphatic rings. The van der Waals surface area contributed by atoms with Gasteiger partial charge in [0.15, 0.2) is 0 Å².